The average Bonchev–Trinajstić information content (AvgIpc) is 2.82. The van der Waals surface area contributed by atoms with Gasteiger partial charge in [-0.25, -0.2) is 4.39 Å². The molecule has 1 unspecified atom stereocenters. The number of halogens is 1. The summed E-state index contributed by atoms with van der Waals surface area (Å²) < 4.78 is 18.6. The van der Waals surface area contributed by atoms with Crippen LogP contribution in [0.15, 0.2) is 18.2 Å². The second-order valence-electron chi connectivity index (χ2n) is 4.44. The summed E-state index contributed by atoms with van der Waals surface area (Å²) in [6.07, 6.45) is 1.72. The summed E-state index contributed by atoms with van der Waals surface area (Å²) in [5, 5.41) is 0. The van der Waals surface area contributed by atoms with Crippen LogP contribution in [0.25, 0.3) is 0 Å². The number of benzene rings is 1. The maximum Gasteiger partial charge on any atom is 0.123 e. The van der Waals surface area contributed by atoms with Crippen molar-refractivity contribution in [1.82, 2.24) is 0 Å². The lowest BCUT2D eigenvalue weighted by Crippen LogP contribution is -2.32. The molecule has 2 N–H and O–H groups in total. The number of nitrogens with zero attached hydrogens (tertiary/aromatic N) is 1. The van der Waals surface area contributed by atoms with Crippen molar-refractivity contribution < 1.29 is 9.13 Å². The van der Waals surface area contributed by atoms with Gasteiger partial charge in [-0.05, 0) is 43.1 Å². The van der Waals surface area contributed by atoms with Crippen LogP contribution in [0.2, 0.25) is 0 Å². The molecule has 3 nitrogen and oxygen atoms in total. The summed E-state index contributed by atoms with van der Waals surface area (Å²) in [5.74, 6) is -0.201. The molecule has 0 aliphatic carbocycles. The van der Waals surface area contributed by atoms with Crippen molar-refractivity contribution in [3.8, 4) is 0 Å². The Bertz CT molecular complexity index is 378. The lowest BCUT2D eigenvalue weighted by Gasteiger charge is -2.27. The molecule has 1 aromatic carbocycles. The van der Waals surface area contributed by atoms with E-state index in [1.165, 1.54) is 6.07 Å². The first-order valence-corrected chi connectivity index (χ1v) is 6.01. The Labute approximate surface area is 101 Å². The Balaban J connectivity index is 2.23. The Morgan fingerprint density at radius 2 is 2.35 bits per heavy atom. The molecule has 0 amide bonds. The molecule has 1 aliphatic rings. The van der Waals surface area contributed by atoms with Gasteiger partial charge in [-0.1, -0.05) is 0 Å². The summed E-state index contributed by atoms with van der Waals surface area (Å²) in [6, 6.07) is 5.30. The summed E-state index contributed by atoms with van der Waals surface area (Å²) in [6.45, 7) is 2.09. The van der Waals surface area contributed by atoms with Crippen molar-refractivity contribution in [1.29, 1.82) is 0 Å². The van der Waals surface area contributed by atoms with E-state index in [0.717, 1.165) is 30.9 Å². The number of hydrogen-bond donors (Lipinski definition) is 1. The predicted molar refractivity (Wildman–Crippen MR) is 66.8 cm³/mol. The SMILES string of the molecule is CN(c1ccc(F)cc1CCN)C1CCOC1. The Kier molecular flexibility index (Phi) is 3.97. The van der Waals surface area contributed by atoms with Gasteiger partial charge in [0, 0.05) is 19.3 Å². The third-order valence-corrected chi connectivity index (χ3v) is 3.29. The number of anilines is 1. The van der Waals surface area contributed by atoms with Crippen molar-refractivity contribution >= 4 is 5.69 Å². The number of rotatable bonds is 4. The van der Waals surface area contributed by atoms with Gasteiger partial charge in [0.15, 0.2) is 0 Å². The zero-order chi connectivity index (χ0) is 12.3. The van der Waals surface area contributed by atoms with Crippen molar-refractivity contribution in [3.63, 3.8) is 0 Å². The first kappa shape index (κ1) is 12.3. The fourth-order valence-electron chi connectivity index (χ4n) is 2.28. The highest BCUT2D eigenvalue weighted by molar-refractivity contribution is 5.54. The molecule has 1 atom stereocenters. The highest BCUT2D eigenvalue weighted by Gasteiger charge is 2.22. The highest BCUT2D eigenvalue weighted by Crippen LogP contribution is 2.25. The molecule has 17 heavy (non-hydrogen) atoms. The minimum absolute atomic E-state index is 0.201. The number of ether oxygens (including phenoxy) is 1. The van der Waals surface area contributed by atoms with Gasteiger partial charge in [-0.2, -0.15) is 0 Å². The summed E-state index contributed by atoms with van der Waals surface area (Å²) in [4.78, 5) is 2.18. The van der Waals surface area contributed by atoms with Crippen molar-refractivity contribution in [2.45, 2.75) is 18.9 Å². The molecule has 94 valence electrons. The Morgan fingerprint density at radius 1 is 1.53 bits per heavy atom. The molecule has 1 aliphatic heterocycles. The molecule has 0 radical (unpaired) electrons. The highest BCUT2D eigenvalue weighted by atomic mass is 19.1. The molecule has 1 heterocycles. The lowest BCUT2D eigenvalue weighted by atomic mass is 10.1. The van der Waals surface area contributed by atoms with E-state index in [0.29, 0.717) is 19.0 Å². The zero-order valence-electron chi connectivity index (χ0n) is 10.2. The minimum atomic E-state index is -0.201. The largest absolute Gasteiger partial charge is 0.379 e. The first-order valence-electron chi connectivity index (χ1n) is 6.01. The van der Waals surface area contributed by atoms with Crippen LogP contribution in [0.4, 0.5) is 10.1 Å². The van der Waals surface area contributed by atoms with Gasteiger partial charge >= 0.3 is 0 Å². The second-order valence-corrected chi connectivity index (χ2v) is 4.44. The van der Waals surface area contributed by atoms with Gasteiger partial charge in [0.1, 0.15) is 5.82 Å². The van der Waals surface area contributed by atoms with Gasteiger partial charge in [0.05, 0.1) is 12.6 Å². The lowest BCUT2D eigenvalue weighted by molar-refractivity contribution is 0.193. The van der Waals surface area contributed by atoms with Gasteiger partial charge in [-0.15, -0.1) is 0 Å². The molecule has 2 rings (SSSR count). The van der Waals surface area contributed by atoms with Crippen LogP contribution < -0.4 is 10.6 Å². The van der Waals surface area contributed by atoms with Crippen LogP contribution in [0.3, 0.4) is 0 Å². The van der Waals surface area contributed by atoms with E-state index in [4.69, 9.17) is 10.5 Å². The Hall–Kier alpha value is -1.13. The normalized spacial score (nSPS) is 19.6. The van der Waals surface area contributed by atoms with Crippen LogP contribution in [0.1, 0.15) is 12.0 Å². The number of hydrogen-bond acceptors (Lipinski definition) is 3. The fourth-order valence-corrected chi connectivity index (χ4v) is 2.28. The molecule has 1 aromatic rings. The smallest absolute Gasteiger partial charge is 0.123 e. The van der Waals surface area contributed by atoms with Gasteiger partial charge in [0.2, 0.25) is 0 Å². The molecule has 4 heteroatoms. The van der Waals surface area contributed by atoms with Crippen LogP contribution >= 0.6 is 0 Å². The van der Waals surface area contributed by atoms with E-state index in [2.05, 4.69) is 4.90 Å². The van der Waals surface area contributed by atoms with Crippen molar-refractivity contribution in [3.05, 3.63) is 29.6 Å². The van der Waals surface area contributed by atoms with Crippen LogP contribution in [-0.4, -0.2) is 32.8 Å². The van der Waals surface area contributed by atoms with Crippen LogP contribution in [0, 0.1) is 5.82 Å². The number of nitrogens with two attached hydrogens (primary N) is 1. The monoisotopic (exact) mass is 238 g/mol. The maximum atomic E-state index is 13.2. The van der Waals surface area contributed by atoms with E-state index in [1.54, 1.807) is 6.07 Å². The third kappa shape index (κ3) is 2.76. The van der Waals surface area contributed by atoms with E-state index in [9.17, 15) is 4.39 Å². The zero-order valence-corrected chi connectivity index (χ0v) is 10.2. The quantitative estimate of drug-likeness (QED) is 0.865. The fraction of sp³-hybridized carbons (Fsp3) is 0.538. The van der Waals surface area contributed by atoms with E-state index in [-0.39, 0.29) is 5.82 Å². The summed E-state index contributed by atoms with van der Waals surface area (Å²) in [5.41, 5.74) is 7.60. The van der Waals surface area contributed by atoms with Gasteiger partial charge in [0.25, 0.3) is 0 Å². The number of likely N-dealkylation sites (N-methyl/N-ethyl adjacent to an activating group) is 1. The standard InChI is InChI=1S/C13H19FN2O/c1-16(12-5-7-17-9-12)13-3-2-11(14)8-10(13)4-6-15/h2-3,8,12H,4-7,9,15H2,1H3. The van der Waals surface area contributed by atoms with E-state index >= 15 is 0 Å². The summed E-state index contributed by atoms with van der Waals surface area (Å²) in [7, 11) is 2.03. The third-order valence-electron chi connectivity index (χ3n) is 3.29. The summed E-state index contributed by atoms with van der Waals surface area (Å²) >= 11 is 0. The molecule has 0 saturated carbocycles. The van der Waals surface area contributed by atoms with E-state index < -0.39 is 0 Å². The molecule has 1 saturated heterocycles. The van der Waals surface area contributed by atoms with E-state index in [1.807, 2.05) is 13.1 Å². The predicted octanol–water partition coefficient (Wildman–Crippen LogP) is 1.55. The van der Waals surface area contributed by atoms with Crippen LogP contribution in [0.5, 0.6) is 0 Å². The first-order chi connectivity index (χ1) is 8.22. The Morgan fingerprint density at radius 3 is 3.00 bits per heavy atom. The van der Waals surface area contributed by atoms with Gasteiger partial charge < -0.3 is 15.4 Å². The molecule has 0 aromatic heterocycles. The van der Waals surface area contributed by atoms with Crippen LogP contribution in [-0.2, 0) is 11.2 Å². The maximum absolute atomic E-state index is 13.2. The van der Waals surface area contributed by atoms with Crippen molar-refractivity contribution in [2.75, 3.05) is 31.7 Å². The molecular formula is C13H19FN2O. The average molecular weight is 238 g/mol. The molecule has 0 bridgehead atoms. The topological polar surface area (TPSA) is 38.5 Å². The minimum Gasteiger partial charge on any atom is -0.379 e. The van der Waals surface area contributed by atoms with Crippen molar-refractivity contribution in [2.24, 2.45) is 5.73 Å². The second kappa shape index (κ2) is 5.47. The van der Waals surface area contributed by atoms with Gasteiger partial charge in [-0.3, -0.25) is 0 Å². The molecule has 1 fully saturated rings. The molecule has 0 spiro atoms. The molecular weight excluding hydrogens is 219 g/mol.